The highest BCUT2D eigenvalue weighted by Gasteiger charge is 2.03. The predicted octanol–water partition coefficient (Wildman–Crippen LogP) is 10.8. The van der Waals surface area contributed by atoms with E-state index >= 15 is 0 Å². The summed E-state index contributed by atoms with van der Waals surface area (Å²) < 4.78 is 6.09. The number of rotatable bonds is 27. The monoisotopic (exact) mass is 487 g/mol. The molecule has 1 N–H and O–H groups in total. The fourth-order valence-corrected chi connectivity index (χ4v) is 4.88. The molecule has 1 aromatic carbocycles. The van der Waals surface area contributed by atoms with E-state index in [2.05, 4.69) is 43.4 Å². The fraction of sp³-hybridized carbons (Fsp3) is 0.818. The molecule has 0 heterocycles. The summed E-state index contributed by atoms with van der Waals surface area (Å²) in [6.07, 6.45) is 30.7. The second-order valence-corrected chi connectivity index (χ2v) is 10.7. The van der Waals surface area contributed by atoms with Gasteiger partial charge in [0.05, 0.1) is 6.61 Å². The van der Waals surface area contributed by atoms with Crippen LogP contribution in [-0.4, -0.2) is 13.2 Å². The molecule has 0 aliphatic carbocycles. The zero-order valence-corrected chi connectivity index (χ0v) is 23.9. The van der Waals surface area contributed by atoms with Gasteiger partial charge in [0.25, 0.3) is 0 Å². The van der Waals surface area contributed by atoms with E-state index in [1.807, 2.05) is 0 Å². The van der Waals surface area contributed by atoms with Crippen LogP contribution in [0, 0.1) is 0 Å². The number of unbranched alkanes of at least 4 members (excludes halogenated alkanes) is 20. The van der Waals surface area contributed by atoms with Crippen molar-refractivity contribution in [2.24, 2.45) is 0 Å². The van der Waals surface area contributed by atoms with Gasteiger partial charge in [0.15, 0.2) is 0 Å². The average molecular weight is 488 g/mol. The van der Waals surface area contributed by atoms with Gasteiger partial charge in [-0.3, -0.25) is 0 Å². The van der Waals surface area contributed by atoms with Crippen molar-refractivity contribution in [3.05, 3.63) is 29.8 Å². The van der Waals surface area contributed by atoms with E-state index in [0.717, 1.165) is 25.4 Å². The molecule has 0 bridgehead atoms. The van der Waals surface area contributed by atoms with Gasteiger partial charge in [0.2, 0.25) is 0 Å². The fourth-order valence-electron chi connectivity index (χ4n) is 4.88. The van der Waals surface area contributed by atoms with Crippen LogP contribution in [0.5, 0.6) is 5.75 Å². The van der Waals surface area contributed by atoms with Crippen LogP contribution in [0.4, 0.5) is 0 Å². The predicted molar refractivity (Wildman–Crippen MR) is 157 cm³/mol. The zero-order chi connectivity index (χ0) is 25.1. The molecule has 35 heavy (non-hydrogen) atoms. The number of nitrogens with one attached hydrogen (secondary N) is 1. The lowest BCUT2D eigenvalue weighted by Gasteiger charge is -2.12. The highest BCUT2D eigenvalue weighted by Crippen LogP contribution is 2.19. The smallest absolute Gasteiger partial charge is 0.123 e. The van der Waals surface area contributed by atoms with Crippen LogP contribution >= 0.6 is 0 Å². The first-order chi connectivity index (χ1) is 17.4. The van der Waals surface area contributed by atoms with Gasteiger partial charge >= 0.3 is 0 Å². The molecule has 0 aromatic heterocycles. The molecular weight excluding hydrogens is 426 g/mol. The van der Waals surface area contributed by atoms with Gasteiger partial charge in [0.1, 0.15) is 5.75 Å². The quantitative estimate of drug-likeness (QED) is 0.125. The summed E-state index contributed by atoms with van der Waals surface area (Å²) in [6.45, 7) is 7.46. The van der Waals surface area contributed by atoms with Crippen LogP contribution in [0.1, 0.15) is 161 Å². The highest BCUT2D eigenvalue weighted by atomic mass is 16.5. The third kappa shape index (κ3) is 20.8. The largest absolute Gasteiger partial charge is 0.493 e. The standard InChI is InChI=1S/C33H61NO/c1-3-5-7-9-11-12-13-14-15-16-17-18-19-20-21-25-29-34-31-32-27-23-24-28-33(32)35-30-26-22-10-8-6-4-2/h23-24,27-28,34H,3-22,25-26,29-31H2,1-2H3. The molecule has 0 unspecified atom stereocenters. The molecule has 0 fully saturated rings. The second-order valence-electron chi connectivity index (χ2n) is 10.7. The van der Waals surface area contributed by atoms with Crippen molar-refractivity contribution in [1.29, 1.82) is 0 Å². The summed E-state index contributed by atoms with van der Waals surface area (Å²) in [6, 6.07) is 8.55. The number of benzene rings is 1. The van der Waals surface area contributed by atoms with Gasteiger partial charge in [-0.05, 0) is 25.5 Å². The molecule has 0 aliphatic rings. The Bertz CT molecular complexity index is 544. The molecule has 1 aromatic rings. The molecule has 0 amide bonds. The molecule has 1 rings (SSSR count). The summed E-state index contributed by atoms with van der Waals surface area (Å²) >= 11 is 0. The van der Waals surface area contributed by atoms with Gasteiger partial charge in [-0.15, -0.1) is 0 Å². The zero-order valence-electron chi connectivity index (χ0n) is 23.9. The SMILES string of the molecule is CCCCCCCCCCCCCCCCCCNCc1ccccc1OCCCCCCCC. The summed E-state index contributed by atoms with van der Waals surface area (Å²) in [5.41, 5.74) is 1.30. The third-order valence-electron chi connectivity index (χ3n) is 7.25. The average Bonchev–Trinajstić information content (AvgIpc) is 2.88. The molecule has 204 valence electrons. The van der Waals surface area contributed by atoms with Crippen molar-refractivity contribution in [1.82, 2.24) is 5.32 Å². The summed E-state index contributed by atoms with van der Waals surface area (Å²) in [4.78, 5) is 0. The lowest BCUT2D eigenvalue weighted by molar-refractivity contribution is 0.300. The van der Waals surface area contributed by atoms with E-state index in [0.29, 0.717) is 0 Å². The molecule has 0 radical (unpaired) electrons. The van der Waals surface area contributed by atoms with E-state index in [-0.39, 0.29) is 0 Å². The Hall–Kier alpha value is -1.02. The Morgan fingerprint density at radius 1 is 0.514 bits per heavy atom. The van der Waals surface area contributed by atoms with E-state index < -0.39 is 0 Å². The third-order valence-corrected chi connectivity index (χ3v) is 7.25. The van der Waals surface area contributed by atoms with E-state index in [1.165, 1.54) is 147 Å². The van der Waals surface area contributed by atoms with Crippen molar-refractivity contribution >= 4 is 0 Å². The van der Waals surface area contributed by atoms with Gasteiger partial charge in [-0.2, -0.15) is 0 Å². The maximum absolute atomic E-state index is 6.09. The Morgan fingerprint density at radius 3 is 1.46 bits per heavy atom. The number of hydrogen-bond donors (Lipinski definition) is 1. The van der Waals surface area contributed by atoms with Crippen LogP contribution in [0.3, 0.4) is 0 Å². The minimum absolute atomic E-state index is 0.849. The molecule has 2 heteroatoms. The van der Waals surface area contributed by atoms with Crippen LogP contribution < -0.4 is 10.1 Å². The first-order valence-corrected chi connectivity index (χ1v) is 15.8. The molecule has 0 aliphatic heterocycles. The summed E-state index contributed by atoms with van der Waals surface area (Å²) in [5, 5.41) is 3.64. The van der Waals surface area contributed by atoms with Crippen molar-refractivity contribution in [2.45, 2.75) is 162 Å². The second kappa shape index (κ2) is 26.1. The Labute approximate surface area is 220 Å². The lowest BCUT2D eigenvalue weighted by atomic mass is 10.0. The molecular formula is C33H61NO. The minimum Gasteiger partial charge on any atom is -0.493 e. The van der Waals surface area contributed by atoms with Crippen LogP contribution in [-0.2, 0) is 6.54 Å². The molecule has 0 spiro atoms. The lowest BCUT2D eigenvalue weighted by Crippen LogP contribution is -2.15. The van der Waals surface area contributed by atoms with Crippen molar-refractivity contribution in [3.8, 4) is 5.75 Å². The van der Waals surface area contributed by atoms with Gasteiger partial charge in [-0.1, -0.05) is 160 Å². The Morgan fingerprint density at radius 2 is 0.943 bits per heavy atom. The van der Waals surface area contributed by atoms with Gasteiger partial charge in [0, 0.05) is 12.1 Å². The summed E-state index contributed by atoms with van der Waals surface area (Å²) in [5.74, 6) is 1.07. The van der Waals surface area contributed by atoms with Crippen molar-refractivity contribution < 1.29 is 4.74 Å². The van der Waals surface area contributed by atoms with E-state index in [1.54, 1.807) is 0 Å². The van der Waals surface area contributed by atoms with Gasteiger partial charge < -0.3 is 10.1 Å². The molecule has 0 atom stereocenters. The van der Waals surface area contributed by atoms with Crippen LogP contribution in [0.15, 0.2) is 24.3 Å². The number of hydrogen-bond acceptors (Lipinski definition) is 2. The first-order valence-electron chi connectivity index (χ1n) is 15.8. The van der Waals surface area contributed by atoms with Gasteiger partial charge in [-0.25, -0.2) is 0 Å². The maximum atomic E-state index is 6.09. The number of ether oxygens (including phenoxy) is 1. The molecule has 0 saturated heterocycles. The topological polar surface area (TPSA) is 21.3 Å². The van der Waals surface area contributed by atoms with Crippen molar-refractivity contribution in [3.63, 3.8) is 0 Å². The van der Waals surface area contributed by atoms with E-state index in [9.17, 15) is 0 Å². The van der Waals surface area contributed by atoms with Crippen LogP contribution in [0.2, 0.25) is 0 Å². The van der Waals surface area contributed by atoms with Crippen LogP contribution in [0.25, 0.3) is 0 Å². The summed E-state index contributed by atoms with van der Waals surface area (Å²) in [7, 11) is 0. The first kappa shape index (κ1) is 32.0. The minimum atomic E-state index is 0.849. The Balaban J connectivity index is 1.89. The van der Waals surface area contributed by atoms with E-state index in [4.69, 9.17) is 4.74 Å². The van der Waals surface area contributed by atoms with Crippen molar-refractivity contribution in [2.75, 3.05) is 13.2 Å². The Kier molecular flexibility index (Phi) is 23.8. The molecule has 0 saturated carbocycles. The number of para-hydroxylation sites is 1. The highest BCUT2D eigenvalue weighted by molar-refractivity contribution is 5.33. The normalized spacial score (nSPS) is 11.3. The maximum Gasteiger partial charge on any atom is 0.123 e. The molecule has 2 nitrogen and oxygen atoms in total.